The molecule has 2 aromatic heterocycles. The molecular formula is C12H9N3OS. The van der Waals surface area contributed by atoms with Gasteiger partial charge in [0.25, 0.3) is 5.91 Å². The van der Waals surface area contributed by atoms with Crippen molar-refractivity contribution in [3.63, 3.8) is 0 Å². The number of nitrogens with zero attached hydrogens (tertiary/aromatic N) is 2. The van der Waals surface area contributed by atoms with E-state index in [1.807, 2.05) is 24.4 Å². The van der Waals surface area contributed by atoms with E-state index in [-0.39, 0.29) is 5.91 Å². The van der Waals surface area contributed by atoms with Crippen LogP contribution in [0.1, 0.15) is 21.5 Å². The number of carbonyl (C=O) groups is 1. The van der Waals surface area contributed by atoms with Gasteiger partial charge in [-0.2, -0.15) is 5.26 Å². The standard InChI is InChI=1S/C12H9N3OS/c1-8-3-5-17-12(8)15-11(16)10-7-14-4-2-9(10)6-13/h2-5,7H,1H3,(H,15,16). The lowest BCUT2D eigenvalue weighted by Crippen LogP contribution is -2.13. The first-order chi connectivity index (χ1) is 8.22. The van der Waals surface area contributed by atoms with Gasteiger partial charge in [-0.25, -0.2) is 0 Å². The summed E-state index contributed by atoms with van der Waals surface area (Å²) >= 11 is 1.45. The number of thiophene rings is 1. The van der Waals surface area contributed by atoms with Crippen LogP contribution in [0.3, 0.4) is 0 Å². The molecule has 0 unspecified atom stereocenters. The molecule has 0 aromatic carbocycles. The molecule has 0 fully saturated rings. The molecule has 1 N–H and O–H groups in total. The minimum atomic E-state index is -0.305. The molecule has 1 amide bonds. The highest BCUT2D eigenvalue weighted by molar-refractivity contribution is 7.14. The number of rotatable bonds is 2. The van der Waals surface area contributed by atoms with Crippen LogP contribution < -0.4 is 5.32 Å². The SMILES string of the molecule is Cc1ccsc1NC(=O)c1cnccc1C#N. The molecular weight excluding hydrogens is 234 g/mol. The number of nitriles is 1. The Morgan fingerprint density at radius 2 is 2.35 bits per heavy atom. The van der Waals surface area contributed by atoms with Crippen molar-refractivity contribution < 1.29 is 4.79 Å². The van der Waals surface area contributed by atoms with Crippen LogP contribution >= 0.6 is 11.3 Å². The van der Waals surface area contributed by atoms with Crippen LogP contribution in [0.15, 0.2) is 29.9 Å². The van der Waals surface area contributed by atoms with Crippen molar-refractivity contribution in [3.8, 4) is 6.07 Å². The number of aromatic nitrogens is 1. The smallest absolute Gasteiger partial charge is 0.259 e. The molecule has 4 nitrogen and oxygen atoms in total. The molecule has 0 bridgehead atoms. The Hall–Kier alpha value is -2.19. The Morgan fingerprint density at radius 3 is 3.00 bits per heavy atom. The highest BCUT2D eigenvalue weighted by Crippen LogP contribution is 2.22. The Bertz CT molecular complexity index is 598. The number of hydrogen-bond donors (Lipinski definition) is 1. The topological polar surface area (TPSA) is 65.8 Å². The summed E-state index contributed by atoms with van der Waals surface area (Å²) < 4.78 is 0. The van der Waals surface area contributed by atoms with Gasteiger partial charge < -0.3 is 5.32 Å². The summed E-state index contributed by atoms with van der Waals surface area (Å²) in [4.78, 5) is 15.8. The summed E-state index contributed by atoms with van der Waals surface area (Å²) in [6, 6.07) is 5.42. The van der Waals surface area contributed by atoms with Gasteiger partial charge in [0.05, 0.1) is 16.1 Å². The zero-order chi connectivity index (χ0) is 12.3. The minimum Gasteiger partial charge on any atom is -0.313 e. The molecule has 0 spiro atoms. The van der Waals surface area contributed by atoms with Crippen LogP contribution in [0, 0.1) is 18.3 Å². The average molecular weight is 243 g/mol. The number of aryl methyl sites for hydroxylation is 1. The number of anilines is 1. The lowest BCUT2D eigenvalue weighted by atomic mass is 10.1. The lowest BCUT2D eigenvalue weighted by Gasteiger charge is -2.04. The first kappa shape index (κ1) is 11.3. The summed E-state index contributed by atoms with van der Waals surface area (Å²) in [5.41, 5.74) is 1.63. The molecule has 0 atom stereocenters. The fraction of sp³-hybridized carbons (Fsp3) is 0.0833. The van der Waals surface area contributed by atoms with Crippen molar-refractivity contribution in [1.82, 2.24) is 4.98 Å². The maximum atomic E-state index is 11.9. The highest BCUT2D eigenvalue weighted by atomic mass is 32.1. The van der Waals surface area contributed by atoms with Gasteiger partial charge >= 0.3 is 0 Å². The fourth-order valence-electron chi connectivity index (χ4n) is 1.34. The number of amides is 1. The van der Waals surface area contributed by atoms with Crippen LogP contribution in [-0.4, -0.2) is 10.9 Å². The highest BCUT2D eigenvalue weighted by Gasteiger charge is 2.12. The molecule has 0 radical (unpaired) electrons. The van der Waals surface area contributed by atoms with Gasteiger partial charge in [0.15, 0.2) is 0 Å². The largest absolute Gasteiger partial charge is 0.313 e. The molecule has 0 saturated heterocycles. The predicted molar refractivity (Wildman–Crippen MR) is 66.0 cm³/mol. The molecule has 2 aromatic rings. The molecule has 0 aliphatic carbocycles. The van der Waals surface area contributed by atoms with Gasteiger partial charge in [0.1, 0.15) is 6.07 Å². The van der Waals surface area contributed by atoms with Crippen LogP contribution in [0.2, 0.25) is 0 Å². The van der Waals surface area contributed by atoms with Crippen molar-refractivity contribution in [1.29, 1.82) is 5.26 Å². The predicted octanol–water partition coefficient (Wildman–Crippen LogP) is 2.58. The molecule has 0 aliphatic heterocycles. The van der Waals surface area contributed by atoms with Gasteiger partial charge in [0.2, 0.25) is 0 Å². The quantitative estimate of drug-likeness (QED) is 0.881. The molecule has 17 heavy (non-hydrogen) atoms. The van der Waals surface area contributed by atoms with Crippen molar-refractivity contribution >= 4 is 22.2 Å². The third-order valence-electron chi connectivity index (χ3n) is 2.28. The first-order valence-corrected chi connectivity index (χ1v) is 5.80. The summed E-state index contributed by atoms with van der Waals surface area (Å²) in [5.74, 6) is -0.305. The number of hydrogen-bond acceptors (Lipinski definition) is 4. The van der Waals surface area contributed by atoms with Gasteiger partial charge in [-0.3, -0.25) is 9.78 Å². The second-order valence-corrected chi connectivity index (χ2v) is 4.34. The number of carbonyl (C=O) groups excluding carboxylic acids is 1. The third-order valence-corrected chi connectivity index (χ3v) is 3.21. The molecule has 84 valence electrons. The minimum absolute atomic E-state index is 0.294. The molecule has 5 heteroatoms. The summed E-state index contributed by atoms with van der Waals surface area (Å²) in [6.07, 6.45) is 2.89. The second kappa shape index (κ2) is 4.76. The van der Waals surface area contributed by atoms with Crippen LogP contribution in [-0.2, 0) is 0 Å². The normalized spacial score (nSPS) is 9.65. The first-order valence-electron chi connectivity index (χ1n) is 4.92. The maximum Gasteiger partial charge on any atom is 0.259 e. The van der Waals surface area contributed by atoms with Crippen molar-refractivity contribution in [2.45, 2.75) is 6.92 Å². The molecule has 2 heterocycles. The zero-order valence-electron chi connectivity index (χ0n) is 9.10. The monoisotopic (exact) mass is 243 g/mol. The van der Waals surface area contributed by atoms with Crippen molar-refractivity contribution in [2.24, 2.45) is 0 Å². The van der Waals surface area contributed by atoms with E-state index in [1.165, 1.54) is 29.8 Å². The van der Waals surface area contributed by atoms with E-state index in [0.717, 1.165) is 10.6 Å². The Morgan fingerprint density at radius 1 is 1.53 bits per heavy atom. The number of nitrogens with one attached hydrogen (secondary N) is 1. The van der Waals surface area contributed by atoms with E-state index in [9.17, 15) is 4.79 Å². The Balaban J connectivity index is 2.27. The van der Waals surface area contributed by atoms with Crippen LogP contribution in [0.25, 0.3) is 0 Å². The van der Waals surface area contributed by atoms with E-state index in [2.05, 4.69) is 10.3 Å². The van der Waals surface area contributed by atoms with Gasteiger partial charge in [-0.15, -0.1) is 11.3 Å². The fourth-order valence-corrected chi connectivity index (χ4v) is 2.16. The van der Waals surface area contributed by atoms with Crippen molar-refractivity contribution in [2.75, 3.05) is 5.32 Å². The summed E-state index contributed by atoms with van der Waals surface area (Å²) in [5, 5.41) is 14.4. The van der Waals surface area contributed by atoms with E-state index < -0.39 is 0 Å². The summed E-state index contributed by atoms with van der Waals surface area (Å²) in [7, 11) is 0. The Labute approximate surface area is 103 Å². The van der Waals surface area contributed by atoms with Crippen molar-refractivity contribution in [3.05, 3.63) is 46.6 Å². The van der Waals surface area contributed by atoms with Crippen LogP contribution in [0.4, 0.5) is 5.00 Å². The average Bonchev–Trinajstić information content (AvgIpc) is 2.75. The third kappa shape index (κ3) is 2.32. The van der Waals surface area contributed by atoms with E-state index in [0.29, 0.717) is 11.1 Å². The second-order valence-electron chi connectivity index (χ2n) is 3.42. The Kier molecular flexibility index (Phi) is 3.17. The van der Waals surface area contributed by atoms with Gasteiger partial charge in [-0.1, -0.05) is 0 Å². The molecule has 0 saturated carbocycles. The summed E-state index contributed by atoms with van der Waals surface area (Å²) in [6.45, 7) is 1.92. The van der Waals surface area contributed by atoms with Crippen LogP contribution in [0.5, 0.6) is 0 Å². The molecule has 0 aliphatic rings. The lowest BCUT2D eigenvalue weighted by molar-refractivity contribution is 0.102. The maximum absolute atomic E-state index is 11.9. The van der Waals surface area contributed by atoms with Gasteiger partial charge in [0, 0.05) is 12.4 Å². The number of pyridine rings is 1. The zero-order valence-corrected chi connectivity index (χ0v) is 9.91. The van der Waals surface area contributed by atoms with E-state index in [4.69, 9.17) is 5.26 Å². The van der Waals surface area contributed by atoms with E-state index >= 15 is 0 Å². The van der Waals surface area contributed by atoms with E-state index in [1.54, 1.807) is 0 Å². The molecule has 2 rings (SSSR count). The van der Waals surface area contributed by atoms with Gasteiger partial charge in [-0.05, 0) is 30.0 Å².